The van der Waals surface area contributed by atoms with Crippen LogP contribution in [0, 0.1) is 0 Å². The Morgan fingerprint density at radius 1 is 1.27 bits per heavy atom. The maximum absolute atomic E-state index is 5.76. The average Bonchev–Trinajstić information content (AvgIpc) is 3.29. The van der Waals surface area contributed by atoms with Gasteiger partial charge in [-0.25, -0.2) is 0 Å². The average molecular weight is 358 g/mol. The Labute approximate surface area is 156 Å². The molecule has 0 aliphatic carbocycles. The predicted octanol–water partition coefficient (Wildman–Crippen LogP) is 4.93. The molecule has 0 N–H and O–H groups in total. The molecule has 1 aliphatic heterocycles. The van der Waals surface area contributed by atoms with Gasteiger partial charge in [0.05, 0.1) is 19.8 Å². The van der Waals surface area contributed by atoms with Crippen LogP contribution in [-0.2, 0) is 6.54 Å². The minimum atomic E-state index is 0.327. The van der Waals surface area contributed by atoms with Gasteiger partial charge in [0.1, 0.15) is 11.5 Å². The summed E-state index contributed by atoms with van der Waals surface area (Å²) in [5, 5.41) is 4.33. The van der Waals surface area contributed by atoms with Gasteiger partial charge in [0.15, 0.2) is 11.5 Å². The molecule has 1 saturated heterocycles. The fourth-order valence-electron chi connectivity index (χ4n) is 3.46. The van der Waals surface area contributed by atoms with Gasteiger partial charge in [0, 0.05) is 18.5 Å². The normalized spacial score (nSPS) is 17.8. The minimum Gasteiger partial charge on any atom is -0.493 e. The summed E-state index contributed by atoms with van der Waals surface area (Å²) in [7, 11) is 1.69. The lowest BCUT2D eigenvalue weighted by Crippen LogP contribution is -2.23. The van der Waals surface area contributed by atoms with E-state index in [1.54, 1.807) is 7.11 Å². The lowest BCUT2D eigenvalue weighted by atomic mass is 10.1. The van der Waals surface area contributed by atoms with Crippen LogP contribution in [0.1, 0.15) is 69.0 Å². The molecule has 1 atom stereocenters. The van der Waals surface area contributed by atoms with E-state index in [2.05, 4.69) is 49.0 Å². The third-order valence-corrected chi connectivity index (χ3v) is 4.90. The molecule has 142 valence electrons. The second-order valence-corrected chi connectivity index (χ2v) is 7.27. The van der Waals surface area contributed by atoms with E-state index in [0.29, 0.717) is 18.6 Å². The van der Waals surface area contributed by atoms with E-state index < -0.39 is 0 Å². The first-order valence-corrected chi connectivity index (χ1v) is 9.62. The van der Waals surface area contributed by atoms with E-state index in [1.807, 2.05) is 6.07 Å². The zero-order valence-electron chi connectivity index (χ0n) is 16.3. The first-order chi connectivity index (χ1) is 12.6. The fourth-order valence-corrected chi connectivity index (χ4v) is 3.46. The Morgan fingerprint density at radius 3 is 2.81 bits per heavy atom. The Morgan fingerprint density at radius 2 is 2.12 bits per heavy atom. The number of hydrogen-bond donors (Lipinski definition) is 0. The third-order valence-electron chi connectivity index (χ3n) is 4.90. The van der Waals surface area contributed by atoms with E-state index in [-0.39, 0.29) is 0 Å². The zero-order chi connectivity index (χ0) is 18.5. The number of aromatic nitrogens is 1. The number of methoxy groups -OCH3 is 1. The SMILES string of the molecule is CCCOc1ccc(CN2CCC[C@H]2c2cc(C(C)C)on2)cc1OC. The molecule has 3 rings (SSSR count). The Kier molecular flexibility index (Phi) is 6.20. The van der Waals surface area contributed by atoms with Crippen LogP contribution in [0.15, 0.2) is 28.8 Å². The molecule has 2 heterocycles. The highest BCUT2D eigenvalue weighted by atomic mass is 16.5. The van der Waals surface area contributed by atoms with Crippen LogP contribution in [0.2, 0.25) is 0 Å². The zero-order valence-corrected chi connectivity index (χ0v) is 16.3. The molecule has 2 aromatic rings. The fraction of sp³-hybridized carbons (Fsp3) is 0.571. The van der Waals surface area contributed by atoms with Crippen molar-refractivity contribution in [1.29, 1.82) is 0 Å². The summed E-state index contributed by atoms with van der Waals surface area (Å²) in [4.78, 5) is 2.48. The molecule has 0 spiro atoms. The summed E-state index contributed by atoms with van der Waals surface area (Å²) in [6.45, 7) is 9.01. The van der Waals surface area contributed by atoms with E-state index in [9.17, 15) is 0 Å². The van der Waals surface area contributed by atoms with Gasteiger partial charge in [-0.2, -0.15) is 0 Å². The van der Waals surface area contributed by atoms with Crippen molar-refractivity contribution in [2.75, 3.05) is 20.3 Å². The van der Waals surface area contributed by atoms with E-state index in [1.165, 1.54) is 12.0 Å². The van der Waals surface area contributed by atoms with Crippen molar-refractivity contribution in [3.63, 3.8) is 0 Å². The van der Waals surface area contributed by atoms with Gasteiger partial charge < -0.3 is 14.0 Å². The van der Waals surface area contributed by atoms with Crippen LogP contribution in [0.4, 0.5) is 0 Å². The van der Waals surface area contributed by atoms with Gasteiger partial charge in [-0.1, -0.05) is 32.0 Å². The number of nitrogens with zero attached hydrogens (tertiary/aromatic N) is 2. The smallest absolute Gasteiger partial charge is 0.161 e. The van der Waals surface area contributed by atoms with Crippen molar-refractivity contribution in [3.8, 4) is 11.5 Å². The predicted molar refractivity (Wildman–Crippen MR) is 102 cm³/mol. The topological polar surface area (TPSA) is 47.7 Å². The highest BCUT2D eigenvalue weighted by Gasteiger charge is 2.29. The molecule has 1 aromatic carbocycles. The molecule has 5 nitrogen and oxygen atoms in total. The third kappa shape index (κ3) is 4.21. The molecule has 0 bridgehead atoms. The quantitative estimate of drug-likeness (QED) is 0.669. The van der Waals surface area contributed by atoms with Crippen molar-refractivity contribution in [2.24, 2.45) is 0 Å². The lowest BCUT2D eigenvalue weighted by Gasteiger charge is -2.23. The van der Waals surface area contributed by atoms with Crippen LogP contribution < -0.4 is 9.47 Å². The van der Waals surface area contributed by atoms with E-state index in [4.69, 9.17) is 14.0 Å². The summed E-state index contributed by atoms with van der Waals surface area (Å²) in [6.07, 6.45) is 3.29. The first-order valence-electron chi connectivity index (χ1n) is 9.62. The maximum Gasteiger partial charge on any atom is 0.161 e. The minimum absolute atomic E-state index is 0.327. The second kappa shape index (κ2) is 8.58. The largest absolute Gasteiger partial charge is 0.493 e. The summed E-state index contributed by atoms with van der Waals surface area (Å²) >= 11 is 0. The molecule has 1 aromatic heterocycles. The summed E-state index contributed by atoms with van der Waals surface area (Å²) < 4.78 is 16.8. The van der Waals surface area contributed by atoms with Gasteiger partial charge in [0.2, 0.25) is 0 Å². The highest BCUT2D eigenvalue weighted by Crippen LogP contribution is 2.35. The van der Waals surface area contributed by atoms with Crippen LogP contribution in [0.25, 0.3) is 0 Å². The van der Waals surface area contributed by atoms with Crippen molar-refractivity contribution in [2.45, 2.75) is 58.5 Å². The molecular weight excluding hydrogens is 328 g/mol. The number of rotatable bonds is 8. The Balaban J connectivity index is 1.72. The van der Waals surface area contributed by atoms with Gasteiger partial charge in [-0.05, 0) is 43.5 Å². The number of hydrogen-bond acceptors (Lipinski definition) is 5. The van der Waals surface area contributed by atoms with E-state index in [0.717, 1.165) is 48.9 Å². The molecule has 1 fully saturated rings. The molecule has 26 heavy (non-hydrogen) atoms. The monoisotopic (exact) mass is 358 g/mol. The molecule has 0 saturated carbocycles. The van der Waals surface area contributed by atoms with Crippen LogP contribution in [0.3, 0.4) is 0 Å². The molecule has 0 radical (unpaired) electrons. The van der Waals surface area contributed by atoms with E-state index >= 15 is 0 Å². The van der Waals surface area contributed by atoms with Crippen LogP contribution in [0.5, 0.6) is 11.5 Å². The van der Waals surface area contributed by atoms with Crippen LogP contribution >= 0.6 is 0 Å². The number of likely N-dealkylation sites (tertiary alicyclic amines) is 1. The molecular formula is C21H30N2O3. The van der Waals surface area contributed by atoms with Crippen molar-refractivity contribution in [3.05, 3.63) is 41.3 Å². The van der Waals surface area contributed by atoms with Gasteiger partial charge in [-0.3, -0.25) is 4.90 Å². The Hall–Kier alpha value is -2.01. The molecule has 0 unspecified atom stereocenters. The molecule has 0 amide bonds. The van der Waals surface area contributed by atoms with Gasteiger partial charge in [0.25, 0.3) is 0 Å². The number of ether oxygens (including phenoxy) is 2. The van der Waals surface area contributed by atoms with Crippen molar-refractivity contribution < 1.29 is 14.0 Å². The number of benzene rings is 1. The summed E-state index contributed by atoms with van der Waals surface area (Å²) in [5.74, 6) is 2.95. The Bertz CT molecular complexity index is 711. The summed E-state index contributed by atoms with van der Waals surface area (Å²) in [6, 6.07) is 8.68. The van der Waals surface area contributed by atoms with Crippen molar-refractivity contribution in [1.82, 2.24) is 10.1 Å². The summed E-state index contributed by atoms with van der Waals surface area (Å²) in [5.41, 5.74) is 2.28. The van der Waals surface area contributed by atoms with Crippen molar-refractivity contribution >= 4 is 0 Å². The van der Waals surface area contributed by atoms with Gasteiger partial charge >= 0.3 is 0 Å². The first kappa shape index (κ1) is 18.8. The molecule has 1 aliphatic rings. The molecule has 5 heteroatoms. The van der Waals surface area contributed by atoms with Crippen LogP contribution in [-0.4, -0.2) is 30.3 Å². The lowest BCUT2D eigenvalue weighted by molar-refractivity contribution is 0.235. The highest BCUT2D eigenvalue weighted by molar-refractivity contribution is 5.43. The van der Waals surface area contributed by atoms with Gasteiger partial charge in [-0.15, -0.1) is 0 Å². The second-order valence-electron chi connectivity index (χ2n) is 7.27. The standard InChI is InChI=1S/C21H30N2O3/c1-5-11-25-19-9-8-16(12-21(19)24-4)14-23-10-6-7-18(23)17-13-20(15(2)3)26-22-17/h8-9,12-13,15,18H,5-7,10-11,14H2,1-4H3/t18-/m0/s1. The maximum atomic E-state index is 5.76.